The summed E-state index contributed by atoms with van der Waals surface area (Å²) >= 11 is 0. The number of rotatable bonds is 2. The molecule has 1 unspecified atom stereocenters. The average Bonchev–Trinajstić information content (AvgIpc) is 2.64. The van der Waals surface area contributed by atoms with E-state index in [0.717, 1.165) is 5.56 Å². The summed E-state index contributed by atoms with van der Waals surface area (Å²) in [5.74, 6) is -2.47. The van der Waals surface area contributed by atoms with E-state index in [0.29, 0.717) is 13.1 Å². The topological polar surface area (TPSA) is 21.1 Å². The third-order valence-corrected chi connectivity index (χ3v) is 3.28. The fourth-order valence-electron chi connectivity index (χ4n) is 2.11. The third-order valence-electron chi connectivity index (χ3n) is 3.28. The van der Waals surface area contributed by atoms with Gasteiger partial charge in [0, 0.05) is 50.8 Å². The fraction of sp³-hybridized carbons (Fsp3) is 0.727. The number of aryl methyl sites for hydroxylation is 1. The maximum absolute atomic E-state index is 13.0. The maximum atomic E-state index is 13.0. The smallest absolute Gasteiger partial charge is 0.250 e. The molecule has 2 rings (SSSR count). The Morgan fingerprint density at radius 2 is 2.00 bits per heavy atom. The summed E-state index contributed by atoms with van der Waals surface area (Å²) in [7, 11) is 1.86. The lowest BCUT2D eigenvalue weighted by Crippen LogP contribution is -2.40. The van der Waals surface area contributed by atoms with Crippen molar-refractivity contribution in [3.8, 4) is 0 Å². The summed E-state index contributed by atoms with van der Waals surface area (Å²) in [6, 6.07) is 0.171. The minimum Gasteiger partial charge on any atom is -0.296 e. The zero-order valence-electron chi connectivity index (χ0n) is 9.66. The Bertz CT molecular complexity index is 352. The van der Waals surface area contributed by atoms with E-state index >= 15 is 0 Å². The number of alkyl halides is 2. The van der Waals surface area contributed by atoms with Crippen LogP contribution in [-0.4, -0.2) is 33.7 Å². The van der Waals surface area contributed by atoms with Crippen molar-refractivity contribution in [3.63, 3.8) is 0 Å². The predicted molar refractivity (Wildman–Crippen MR) is 57.4 cm³/mol. The van der Waals surface area contributed by atoms with Gasteiger partial charge in [0.1, 0.15) is 0 Å². The number of halogens is 2. The standard InChI is InChI=1S/C11H17F2N3/c1-9(10-7-14-15(2)8-10)16-5-3-11(12,13)4-6-16/h7-9H,3-6H2,1-2H3. The fourth-order valence-corrected chi connectivity index (χ4v) is 2.11. The summed E-state index contributed by atoms with van der Waals surface area (Å²) in [5, 5.41) is 4.10. The first-order valence-electron chi connectivity index (χ1n) is 5.58. The molecule has 16 heavy (non-hydrogen) atoms. The van der Waals surface area contributed by atoms with Crippen molar-refractivity contribution < 1.29 is 8.78 Å². The molecular formula is C11H17F2N3. The van der Waals surface area contributed by atoms with Crippen molar-refractivity contribution in [1.29, 1.82) is 0 Å². The first kappa shape index (κ1) is 11.5. The number of likely N-dealkylation sites (tertiary alicyclic amines) is 1. The highest BCUT2D eigenvalue weighted by Crippen LogP contribution is 2.31. The molecule has 0 spiro atoms. The highest BCUT2D eigenvalue weighted by molar-refractivity contribution is 5.09. The molecule has 1 aromatic rings. The van der Waals surface area contributed by atoms with Crippen LogP contribution in [0.1, 0.15) is 31.4 Å². The minimum atomic E-state index is -2.47. The van der Waals surface area contributed by atoms with Crippen LogP contribution in [0.25, 0.3) is 0 Å². The Morgan fingerprint density at radius 1 is 1.38 bits per heavy atom. The monoisotopic (exact) mass is 229 g/mol. The molecule has 1 aliphatic heterocycles. The lowest BCUT2D eigenvalue weighted by Gasteiger charge is -2.35. The number of hydrogen-bond acceptors (Lipinski definition) is 2. The van der Waals surface area contributed by atoms with Crippen molar-refractivity contribution in [2.75, 3.05) is 13.1 Å². The molecule has 0 amide bonds. The van der Waals surface area contributed by atoms with Gasteiger partial charge in [-0.2, -0.15) is 5.10 Å². The second-order valence-electron chi connectivity index (χ2n) is 4.52. The van der Waals surface area contributed by atoms with Gasteiger partial charge in [-0.05, 0) is 6.92 Å². The molecule has 0 N–H and O–H groups in total. The zero-order valence-corrected chi connectivity index (χ0v) is 9.66. The molecule has 90 valence electrons. The van der Waals surface area contributed by atoms with E-state index < -0.39 is 5.92 Å². The molecule has 1 atom stereocenters. The number of piperidine rings is 1. The lowest BCUT2D eigenvalue weighted by atomic mass is 10.0. The molecule has 1 saturated heterocycles. The zero-order chi connectivity index (χ0) is 11.8. The molecule has 0 radical (unpaired) electrons. The van der Waals surface area contributed by atoms with Crippen molar-refractivity contribution in [2.45, 2.75) is 31.7 Å². The van der Waals surface area contributed by atoms with E-state index in [9.17, 15) is 8.78 Å². The van der Waals surface area contributed by atoms with E-state index in [4.69, 9.17) is 0 Å². The minimum absolute atomic E-state index is 0.0302. The number of aromatic nitrogens is 2. The van der Waals surface area contributed by atoms with Gasteiger partial charge >= 0.3 is 0 Å². The first-order chi connectivity index (χ1) is 7.48. The third kappa shape index (κ3) is 2.40. The predicted octanol–water partition coefficient (Wildman–Crippen LogP) is 2.21. The van der Waals surface area contributed by atoms with E-state index in [1.54, 1.807) is 10.9 Å². The Labute approximate surface area is 94.0 Å². The molecule has 1 aliphatic rings. The Morgan fingerprint density at radius 3 is 2.50 bits per heavy atom. The first-order valence-corrected chi connectivity index (χ1v) is 5.58. The van der Waals surface area contributed by atoms with E-state index in [1.807, 2.05) is 20.2 Å². The van der Waals surface area contributed by atoms with Crippen molar-refractivity contribution in [1.82, 2.24) is 14.7 Å². The Balaban J connectivity index is 1.99. The van der Waals surface area contributed by atoms with Crippen LogP contribution in [0.2, 0.25) is 0 Å². The van der Waals surface area contributed by atoms with E-state index in [2.05, 4.69) is 10.00 Å². The van der Waals surface area contributed by atoms with Crippen LogP contribution in [-0.2, 0) is 7.05 Å². The van der Waals surface area contributed by atoms with Crippen molar-refractivity contribution in [3.05, 3.63) is 18.0 Å². The molecule has 1 fully saturated rings. The van der Waals surface area contributed by atoms with Crippen molar-refractivity contribution in [2.24, 2.45) is 7.05 Å². The van der Waals surface area contributed by atoms with Crippen molar-refractivity contribution >= 4 is 0 Å². The Kier molecular flexibility index (Phi) is 2.97. The summed E-state index contributed by atoms with van der Waals surface area (Å²) < 4.78 is 27.7. The maximum Gasteiger partial charge on any atom is 0.250 e. The van der Waals surface area contributed by atoms with E-state index in [1.165, 1.54) is 0 Å². The molecular weight excluding hydrogens is 212 g/mol. The summed E-state index contributed by atoms with van der Waals surface area (Å²) in [6.45, 7) is 2.96. The van der Waals surface area contributed by atoms with Crippen LogP contribution in [0, 0.1) is 0 Å². The van der Waals surface area contributed by atoms with Crippen LogP contribution in [0.4, 0.5) is 8.78 Å². The molecule has 0 bridgehead atoms. The van der Waals surface area contributed by atoms with Gasteiger partial charge in [-0.3, -0.25) is 9.58 Å². The largest absolute Gasteiger partial charge is 0.296 e. The normalized spacial score (nSPS) is 23.2. The second-order valence-corrected chi connectivity index (χ2v) is 4.52. The van der Waals surface area contributed by atoms with Crippen LogP contribution in [0.5, 0.6) is 0 Å². The van der Waals surface area contributed by atoms with Crippen LogP contribution in [0.15, 0.2) is 12.4 Å². The van der Waals surface area contributed by atoms with Gasteiger partial charge in [0.05, 0.1) is 6.20 Å². The quantitative estimate of drug-likeness (QED) is 0.775. The average molecular weight is 229 g/mol. The van der Waals surface area contributed by atoms with E-state index in [-0.39, 0.29) is 18.9 Å². The molecule has 1 aromatic heterocycles. The van der Waals surface area contributed by atoms with Gasteiger partial charge in [0.2, 0.25) is 0 Å². The second kappa shape index (κ2) is 4.13. The molecule has 3 nitrogen and oxygen atoms in total. The summed E-state index contributed by atoms with van der Waals surface area (Å²) in [5.41, 5.74) is 1.09. The highest BCUT2D eigenvalue weighted by Gasteiger charge is 2.35. The molecule has 5 heteroatoms. The van der Waals surface area contributed by atoms with Gasteiger partial charge in [-0.15, -0.1) is 0 Å². The molecule has 0 aliphatic carbocycles. The summed E-state index contributed by atoms with van der Waals surface area (Å²) in [6.07, 6.45) is 3.68. The molecule has 2 heterocycles. The number of nitrogens with zero attached hydrogens (tertiary/aromatic N) is 3. The van der Waals surface area contributed by atoms with Gasteiger partial charge in [0.25, 0.3) is 5.92 Å². The highest BCUT2D eigenvalue weighted by atomic mass is 19.3. The van der Waals surface area contributed by atoms with Gasteiger partial charge in [0.15, 0.2) is 0 Å². The number of hydrogen-bond donors (Lipinski definition) is 0. The van der Waals surface area contributed by atoms with Gasteiger partial charge < -0.3 is 0 Å². The molecule has 0 aromatic carbocycles. The lowest BCUT2D eigenvalue weighted by molar-refractivity contribution is -0.0620. The van der Waals surface area contributed by atoms with Gasteiger partial charge in [-0.1, -0.05) is 0 Å². The Hall–Kier alpha value is -0.970. The van der Waals surface area contributed by atoms with Crippen LogP contribution >= 0.6 is 0 Å². The van der Waals surface area contributed by atoms with Crippen LogP contribution < -0.4 is 0 Å². The molecule has 0 saturated carbocycles. The SMILES string of the molecule is CC(c1cnn(C)c1)N1CCC(F)(F)CC1. The summed E-state index contributed by atoms with van der Waals surface area (Å²) in [4.78, 5) is 2.09. The van der Waals surface area contributed by atoms with Crippen LogP contribution in [0.3, 0.4) is 0 Å². The van der Waals surface area contributed by atoms with Gasteiger partial charge in [-0.25, -0.2) is 8.78 Å².